The van der Waals surface area contributed by atoms with Gasteiger partial charge in [-0.05, 0) is 27.7 Å². The summed E-state index contributed by atoms with van der Waals surface area (Å²) in [6.45, 7) is 7.20. The molecule has 0 N–H and O–H groups in total. The van der Waals surface area contributed by atoms with Crippen LogP contribution in [0.5, 0.6) is 0 Å². The van der Waals surface area contributed by atoms with Crippen molar-refractivity contribution in [3.63, 3.8) is 0 Å². The molecule has 1 saturated heterocycles. The highest BCUT2D eigenvalue weighted by Gasteiger charge is 2.27. The van der Waals surface area contributed by atoms with E-state index >= 15 is 0 Å². The highest BCUT2D eigenvalue weighted by atomic mass is 16.6. The molecule has 9 heavy (non-hydrogen) atoms. The molecule has 0 radical (unpaired) electrons. The molecule has 54 valence electrons. The van der Waals surface area contributed by atoms with Gasteiger partial charge in [0.1, 0.15) is 5.78 Å². The van der Waals surface area contributed by atoms with Crippen molar-refractivity contribution in [1.29, 1.82) is 0 Å². The van der Waals surface area contributed by atoms with E-state index in [2.05, 4.69) is 13.8 Å². The quantitative estimate of drug-likeness (QED) is 0.464. The van der Waals surface area contributed by atoms with Crippen molar-refractivity contribution >= 4 is 5.78 Å². The first-order valence-corrected chi connectivity index (χ1v) is 3.16. The highest BCUT2D eigenvalue weighted by molar-refractivity contribution is 5.72. The maximum absolute atomic E-state index is 9.44. The Kier molecular flexibility index (Phi) is 3.47. The second-order valence-electron chi connectivity index (χ2n) is 2.45. The van der Waals surface area contributed by atoms with Crippen molar-refractivity contribution in [3.8, 4) is 0 Å². The van der Waals surface area contributed by atoms with Gasteiger partial charge in [-0.3, -0.25) is 0 Å². The summed E-state index contributed by atoms with van der Waals surface area (Å²) in [5.41, 5.74) is 0. The molecule has 0 aromatic carbocycles. The number of ketones is 1. The molecule has 1 rings (SSSR count). The SMILES string of the molecule is CC(C)=O.CC1OC1C. The monoisotopic (exact) mass is 130 g/mol. The van der Waals surface area contributed by atoms with E-state index in [1.54, 1.807) is 0 Å². The minimum atomic E-state index is 0.167. The first kappa shape index (κ1) is 8.63. The van der Waals surface area contributed by atoms with Crippen molar-refractivity contribution in [2.45, 2.75) is 39.9 Å². The van der Waals surface area contributed by atoms with E-state index in [4.69, 9.17) is 4.74 Å². The van der Waals surface area contributed by atoms with Crippen LogP contribution in [0.1, 0.15) is 27.7 Å². The Morgan fingerprint density at radius 2 is 1.33 bits per heavy atom. The topological polar surface area (TPSA) is 29.6 Å². The smallest absolute Gasteiger partial charge is 0.126 e. The molecule has 1 aliphatic rings. The Morgan fingerprint density at radius 1 is 1.22 bits per heavy atom. The van der Waals surface area contributed by atoms with Crippen LogP contribution in [0.25, 0.3) is 0 Å². The Labute approximate surface area is 56.2 Å². The van der Waals surface area contributed by atoms with Gasteiger partial charge in [-0.15, -0.1) is 0 Å². The fourth-order valence-corrected chi connectivity index (χ4v) is 0.293. The lowest BCUT2D eigenvalue weighted by Gasteiger charge is -1.57. The minimum Gasteiger partial charge on any atom is -0.370 e. The van der Waals surface area contributed by atoms with Crippen LogP contribution in [-0.4, -0.2) is 18.0 Å². The summed E-state index contributed by atoms with van der Waals surface area (Å²) < 4.78 is 4.92. The van der Waals surface area contributed by atoms with Gasteiger partial charge in [0.25, 0.3) is 0 Å². The molecule has 0 saturated carbocycles. The largest absolute Gasteiger partial charge is 0.370 e. The van der Waals surface area contributed by atoms with Crippen LogP contribution in [-0.2, 0) is 9.53 Å². The molecule has 2 unspecified atom stereocenters. The van der Waals surface area contributed by atoms with Gasteiger partial charge in [0.2, 0.25) is 0 Å². The van der Waals surface area contributed by atoms with Crippen LogP contribution < -0.4 is 0 Å². The zero-order valence-electron chi connectivity index (χ0n) is 6.47. The zero-order chi connectivity index (χ0) is 7.44. The van der Waals surface area contributed by atoms with E-state index in [0.29, 0.717) is 12.2 Å². The first-order chi connectivity index (χ1) is 4.04. The Bertz CT molecular complexity index is 89.1. The second kappa shape index (κ2) is 3.62. The van der Waals surface area contributed by atoms with Crippen molar-refractivity contribution in [2.24, 2.45) is 0 Å². The van der Waals surface area contributed by atoms with E-state index in [0.717, 1.165) is 0 Å². The van der Waals surface area contributed by atoms with Crippen molar-refractivity contribution in [3.05, 3.63) is 0 Å². The summed E-state index contributed by atoms with van der Waals surface area (Å²) in [4.78, 5) is 9.44. The van der Waals surface area contributed by atoms with E-state index < -0.39 is 0 Å². The summed E-state index contributed by atoms with van der Waals surface area (Å²) in [6, 6.07) is 0. The van der Waals surface area contributed by atoms with Gasteiger partial charge >= 0.3 is 0 Å². The van der Waals surface area contributed by atoms with Gasteiger partial charge in [0.05, 0.1) is 12.2 Å². The second-order valence-corrected chi connectivity index (χ2v) is 2.45. The van der Waals surface area contributed by atoms with Crippen LogP contribution in [0.4, 0.5) is 0 Å². The minimum absolute atomic E-state index is 0.167. The molecule has 0 aliphatic carbocycles. The number of hydrogen-bond donors (Lipinski definition) is 0. The fraction of sp³-hybridized carbons (Fsp3) is 0.857. The lowest BCUT2D eigenvalue weighted by atomic mass is 10.4. The summed E-state index contributed by atoms with van der Waals surface area (Å²) in [7, 11) is 0. The number of rotatable bonds is 0. The molecule has 0 aromatic rings. The Morgan fingerprint density at radius 3 is 1.33 bits per heavy atom. The third kappa shape index (κ3) is 7.63. The summed E-state index contributed by atoms with van der Waals surface area (Å²) in [5.74, 6) is 0.167. The molecule has 0 spiro atoms. The van der Waals surface area contributed by atoms with Crippen LogP contribution in [0.15, 0.2) is 0 Å². The average molecular weight is 130 g/mol. The Balaban J connectivity index is 0.000000148. The maximum Gasteiger partial charge on any atom is 0.126 e. The molecular formula is C7H14O2. The predicted octanol–water partition coefficient (Wildman–Crippen LogP) is 1.39. The van der Waals surface area contributed by atoms with E-state index in [1.807, 2.05) is 0 Å². The van der Waals surface area contributed by atoms with Crippen LogP contribution in [0, 0.1) is 0 Å². The number of carbonyl (C=O) groups excluding carboxylic acids is 1. The zero-order valence-corrected chi connectivity index (χ0v) is 6.47. The third-order valence-corrected chi connectivity index (χ3v) is 1.01. The fourth-order valence-electron chi connectivity index (χ4n) is 0.293. The molecule has 0 aromatic heterocycles. The molecule has 2 heteroatoms. The molecular weight excluding hydrogens is 116 g/mol. The number of Topliss-reactive ketones (excluding diaryl/α,β-unsaturated/α-hetero) is 1. The molecule has 0 amide bonds. The summed E-state index contributed by atoms with van der Waals surface area (Å²) in [5, 5.41) is 0. The number of hydrogen-bond acceptors (Lipinski definition) is 2. The van der Waals surface area contributed by atoms with Gasteiger partial charge in [0.15, 0.2) is 0 Å². The number of epoxide rings is 1. The predicted molar refractivity (Wildman–Crippen MR) is 36.4 cm³/mol. The summed E-state index contributed by atoms with van der Waals surface area (Å²) in [6.07, 6.45) is 1.10. The lowest BCUT2D eigenvalue weighted by Crippen LogP contribution is -1.74. The Hall–Kier alpha value is -0.370. The standard InChI is InChI=1S/C4H8O.C3H6O/c1-3-4(2)5-3;1-3(2)4/h3-4H,1-2H3;1-2H3. The van der Waals surface area contributed by atoms with Crippen LogP contribution >= 0.6 is 0 Å². The van der Waals surface area contributed by atoms with Crippen LogP contribution in [0.3, 0.4) is 0 Å². The van der Waals surface area contributed by atoms with Gasteiger partial charge < -0.3 is 9.53 Å². The maximum atomic E-state index is 9.44. The van der Waals surface area contributed by atoms with E-state index in [1.165, 1.54) is 13.8 Å². The van der Waals surface area contributed by atoms with Crippen molar-refractivity contribution in [1.82, 2.24) is 0 Å². The molecule has 1 fully saturated rings. The van der Waals surface area contributed by atoms with Gasteiger partial charge in [-0.1, -0.05) is 0 Å². The normalized spacial score (nSPS) is 30.2. The number of ether oxygens (including phenoxy) is 1. The van der Waals surface area contributed by atoms with Crippen molar-refractivity contribution < 1.29 is 9.53 Å². The third-order valence-electron chi connectivity index (χ3n) is 1.01. The number of carbonyl (C=O) groups is 1. The molecule has 2 atom stereocenters. The van der Waals surface area contributed by atoms with E-state index in [-0.39, 0.29) is 5.78 Å². The summed E-state index contributed by atoms with van der Waals surface area (Å²) >= 11 is 0. The molecule has 2 nitrogen and oxygen atoms in total. The lowest BCUT2D eigenvalue weighted by molar-refractivity contribution is -0.114. The van der Waals surface area contributed by atoms with Gasteiger partial charge in [0, 0.05) is 0 Å². The van der Waals surface area contributed by atoms with Gasteiger partial charge in [-0.25, -0.2) is 0 Å². The average Bonchev–Trinajstić information content (AvgIpc) is 2.16. The van der Waals surface area contributed by atoms with Crippen molar-refractivity contribution in [2.75, 3.05) is 0 Å². The van der Waals surface area contributed by atoms with E-state index in [9.17, 15) is 4.79 Å². The molecule has 1 aliphatic heterocycles. The first-order valence-electron chi connectivity index (χ1n) is 3.16. The molecule has 0 bridgehead atoms. The highest BCUT2D eigenvalue weighted by Crippen LogP contribution is 2.18. The van der Waals surface area contributed by atoms with Gasteiger partial charge in [-0.2, -0.15) is 0 Å². The molecule has 1 heterocycles. The van der Waals surface area contributed by atoms with Crippen LogP contribution in [0.2, 0.25) is 0 Å².